The van der Waals surface area contributed by atoms with Crippen molar-refractivity contribution in [2.45, 2.75) is 36.9 Å². The van der Waals surface area contributed by atoms with Gasteiger partial charge in [-0.2, -0.15) is 0 Å². The van der Waals surface area contributed by atoms with Crippen molar-refractivity contribution >= 4 is 35.2 Å². The molecule has 1 fully saturated rings. The number of benzene rings is 1. The molecule has 6 heteroatoms. The highest BCUT2D eigenvalue weighted by Crippen LogP contribution is 2.43. The van der Waals surface area contributed by atoms with E-state index in [4.69, 9.17) is 0 Å². The molecule has 1 atom stereocenters. The standard InChI is InChI=1S/C16H24N2O2S2/c1-3-16(2,20)11-17-15(19)18-13-7-4-6-12(10-13)14-21-8-5-9-22-14/h4,6-7,10,14,20H,3,5,8-9,11H2,1-2H3,(H2,17,18,19)/t16-/m0/s1. The maximum absolute atomic E-state index is 11.9. The average Bonchev–Trinajstić information content (AvgIpc) is 2.54. The van der Waals surface area contributed by atoms with Crippen molar-refractivity contribution in [3.8, 4) is 0 Å². The minimum absolute atomic E-state index is 0.239. The van der Waals surface area contributed by atoms with E-state index < -0.39 is 5.60 Å². The first kappa shape index (κ1) is 17.5. The molecule has 2 rings (SSSR count). The number of rotatable bonds is 5. The summed E-state index contributed by atoms with van der Waals surface area (Å²) in [5, 5.41) is 15.5. The van der Waals surface area contributed by atoms with Crippen LogP contribution in [0.2, 0.25) is 0 Å². The number of nitrogens with one attached hydrogen (secondary N) is 2. The van der Waals surface area contributed by atoms with Crippen LogP contribution in [-0.2, 0) is 0 Å². The van der Waals surface area contributed by atoms with Gasteiger partial charge in [0.05, 0.1) is 10.2 Å². The van der Waals surface area contributed by atoms with Crippen LogP contribution in [-0.4, -0.2) is 34.8 Å². The summed E-state index contributed by atoms with van der Waals surface area (Å²) in [7, 11) is 0. The minimum atomic E-state index is -0.867. The van der Waals surface area contributed by atoms with Crippen LogP contribution in [0.5, 0.6) is 0 Å². The molecule has 0 aromatic heterocycles. The molecule has 2 amide bonds. The van der Waals surface area contributed by atoms with Gasteiger partial charge in [0.2, 0.25) is 0 Å². The zero-order valence-corrected chi connectivity index (χ0v) is 14.7. The molecule has 0 bridgehead atoms. The molecule has 1 heterocycles. The Kier molecular flexibility index (Phi) is 6.47. The lowest BCUT2D eigenvalue weighted by Crippen LogP contribution is -2.41. The lowest BCUT2D eigenvalue weighted by atomic mass is 10.0. The van der Waals surface area contributed by atoms with Gasteiger partial charge in [0.25, 0.3) is 0 Å². The van der Waals surface area contributed by atoms with E-state index in [-0.39, 0.29) is 12.6 Å². The molecule has 1 aliphatic rings. The molecule has 1 saturated heterocycles. The number of anilines is 1. The van der Waals surface area contributed by atoms with Crippen LogP contribution in [0.25, 0.3) is 0 Å². The molecule has 0 unspecified atom stereocenters. The summed E-state index contributed by atoms with van der Waals surface area (Å²) in [5.41, 5.74) is 1.17. The van der Waals surface area contributed by atoms with Crippen LogP contribution in [0.1, 0.15) is 36.8 Å². The molecular formula is C16H24N2O2S2. The van der Waals surface area contributed by atoms with Crippen molar-refractivity contribution in [1.29, 1.82) is 0 Å². The van der Waals surface area contributed by atoms with Gasteiger partial charge in [-0.25, -0.2) is 4.79 Å². The van der Waals surface area contributed by atoms with Crippen molar-refractivity contribution in [3.05, 3.63) is 29.8 Å². The Balaban J connectivity index is 1.91. The topological polar surface area (TPSA) is 61.4 Å². The number of urea groups is 1. The van der Waals surface area contributed by atoms with E-state index in [0.29, 0.717) is 11.0 Å². The van der Waals surface area contributed by atoms with E-state index in [1.54, 1.807) is 6.92 Å². The summed E-state index contributed by atoms with van der Waals surface area (Å²) in [6.45, 7) is 3.84. The van der Waals surface area contributed by atoms with E-state index in [2.05, 4.69) is 16.7 Å². The van der Waals surface area contributed by atoms with Gasteiger partial charge >= 0.3 is 6.03 Å². The molecule has 0 radical (unpaired) electrons. The van der Waals surface area contributed by atoms with Gasteiger partial charge in [-0.1, -0.05) is 19.1 Å². The Labute approximate surface area is 140 Å². The lowest BCUT2D eigenvalue weighted by Gasteiger charge is -2.22. The highest BCUT2D eigenvalue weighted by molar-refractivity contribution is 8.16. The predicted molar refractivity (Wildman–Crippen MR) is 96.7 cm³/mol. The second kappa shape index (κ2) is 8.13. The van der Waals surface area contributed by atoms with Crippen LogP contribution in [0.4, 0.5) is 10.5 Å². The molecule has 122 valence electrons. The van der Waals surface area contributed by atoms with E-state index in [1.165, 1.54) is 23.5 Å². The maximum Gasteiger partial charge on any atom is 0.319 e. The summed E-state index contributed by atoms with van der Waals surface area (Å²) in [6, 6.07) is 7.73. The van der Waals surface area contributed by atoms with Crippen LogP contribution in [0, 0.1) is 0 Å². The van der Waals surface area contributed by atoms with Crippen molar-refractivity contribution < 1.29 is 9.90 Å². The van der Waals surface area contributed by atoms with Gasteiger partial charge in [0.1, 0.15) is 0 Å². The smallest absolute Gasteiger partial charge is 0.319 e. The Bertz CT molecular complexity index is 503. The summed E-state index contributed by atoms with van der Waals surface area (Å²) < 4.78 is 0.458. The largest absolute Gasteiger partial charge is 0.388 e. The Morgan fingerprint density at radius 2 is 2.14 bits per heavy atom. The number of aliphatic hydroxyl groups is 1. The predicted octanol–water partition coefficient (Wildman–Crippen LogP) is 3.84. The highest BCUT2D eigenvalue weighted by Gasteiger charge is 2.19. The van der Waals surface area contributed by atoms with Crippen molar-refractivity contribution in [2.75, 3.05) is 23.4 Å². The Hall–Kier alpha value is -0.850. The minimum Gasteiger partial charge on any atom is -0.388 e. The quantitative estimate of drug-likeness (QED) is 0.762. The van der Waals surface area contributed by atoms with Gasteiger partial charge in [-0.05, 0) is 49.0 Å². The number of hydrogen-bond donors (Lipinski definition) is 3. The monoisotopic (exact) mass is 340 g/mol. The van der Waals surface area contributed by atoms with E-state index in [1.807, 2.05) is 48.6 Å². The van der Waals surface area contributed by atoms with Crippen molar-refractivity contribution in [2.24, 2.45) is 0 Å². The van der Waals surface area contributed by atoms with Gasteiger partial charge in [-0.15, -0.1) is 23.5 Å². The number of carbonyl (C=O) groups excluding carboxylic acids is 1. The Morgan fingerprint density at radius 3 is 2.82 bits per heavy atom. The first-order valence-corrected chi connectivity index (χ1v) is 9.70. The molecule has 22 heavy (non-hydrogen) atoms. The summed E-state index contributed by atoms with van der Waals surface area (Å²) >= 11 is 3.92. The zero-order chi connectivity index (χ0) is 16.0. The van der Waals surface area contributed by atoms with Gasteiger partial charge in [0.15, 0.2) is 0 Å². The molecule has 1 aliphatic heterocycles. The fraction of sp³-hybridized carbons (Fsp3) is 0.562. The molecule has 4 nitrogen and oxygen atoms in total. The second-order valence-corrected chi connectivity index (χ2v) is 8.44. The fourth-order valence-electron chi connectivity index (χ4n) is 2.01. The van der Waals surface area contributed by atoms with Gasteiger partial charge < -0.3 is 15.7 Å². The first-order chi connectivity index (χ1) is 10.5. The van der Waals surface area contributed by atoms with Crippen LogP contribution >= 0.6 is 23.5 Å². The van der Waals surface area contributed by atoms with Crippen molar-refractivity contribution in [3.63, 3.8) is 0 Å². The van der Waals surface area contributed by atoms with E-state index in [0.717, 1.165) is 5.69 Å². The number of amides is 2. The summed E-state index contributed by atoms with van der Waals surface area (Å²) in [5.74, 6) is 2.39. The highest BCUT2D eigenvalue weighted by atomic mass is 32.2. The normalized spacial score (nSPS) is 18.5. The number of thioether (sulfide) groups is 2. The molecular weight excluding hydrogens is 316 g/mol. The molecule has 1 aromatic carbocycles. The Morgan fingerprint density at radius 1 is 1.41 bits per heavy atom. The van der Waals surface area contributed by atoms with Gasteiger partial charge in [0, 0.05) is 12.2 Å². The molecule has 0 spiro atoms. The third-order valence-electron chi connectivity index (χ3n) is 3.64. The van der Waals surface area contributed by atoms with Gasteiger partial charge in [-0.3, -0.25) is 0 Å². The van der Waals surface area contributed by atoms with E-state index >= 15 is 0 Å². The molecule has 0 saturated carbocycles. The third kappa shape index (κ3) is 5.41. The van der Waals surface area contributed by atoms with Crippen LogP contribution < -0.4 is 10.6 Å². The maximum atomic E-state index is 11.9. The summed E-state index contributed by atoms with van der Waals surface area (Å²) in [4.78, 5) is 11.9. The third-order valence-corrected chi connectivity index (χ3v) is 6.65. The van der Waals surface area contributed by atoms with E-state index in [9.17, 15) is 9.90 Å². The van der Waals surface area contributed by atoms with Crippen LogP contribution in [0.3, 0.4) is 0 Å². The molecule has 3 N–H and O–H groups in total. The second-order valence-electron chi connectivity index (χ2n) is 5.71. The zero-order valence-electron chi connectivity index (χ0n) is 13.1. The average molecular weight is 341 g/mol. The SMILES string of the molecule is CC[C@](C)(O)CNC(=O)Nc1cccc(C2SCCCS2)c1. The van der Waals surface area contributed by atoms with Crippen molar-refractivity contribution in [1.82, 2.24) is 5.32 Å². The number of carbonyl (C=O) groups is 1. The van der Waals surface area contributed by atoms with Crippen LogP contribution in [0.15, 0.2) is 24.3 Å². The fourth-order valence-corrected chi connectivity index (χ4v) is 4.89. The molecule has 1 aromatic rings. The first-order valence-electron chi connectivity index (χ1n) is 7.60. The summed E-state index contributed by atoms with van der Waals surface area (Å²) in [6.07, 6.45) is 1.86. The lowest BCUT2D eigenvalue weighted by molar-refractivity contribution is 0.0587. The molecule has 0 aliphatic carbocycles. The number of hydrogen-bond acceptors (Lipinski definition) is 4.